The maximum Gasteiger partial charge on any atom is 0.237 e. The van der Waals surface area contributed by atoms with Gasteiger partial charge in [-0.25, -0.2) is 0 Å². The van der Waals surface area contributed by atoms with Crippen LogP contribution in [-0.2, 0) is 11.2 Å². The normalized spacial score (nSPS) is 20.9. The van der Waals surface area contributed by atoms with Crippen molar-refractivity contribution >= 4 is 22.8 Å². The number of thiophene rings is 1. The highest BCUT2D eigenvalue weighted by Gasteiger charge is 2.28. The highest BCUT2D eigenvalue weighted by molar-refractivity contribution is 7.10. The summed E-state index contributed by atoms with van der Waals surface area (Å²) < 4.78 is 0. The Morgan fingerprint density at radius 2 is 2.00 bits per heavy atom. The second kappa shape index (κ2) is 7.14. The SMILES string of the molecule is C[C@H]1c2ccsc2CCN1CC(=O)N1CC=C(c2ccccc2)CC1. The van der Waals surface area contributed by atoms with Gasteiger partial charge in [-0.15, -0.1) is 11.3 Å². The summed E-state index contributed by atoms with van der Waals surface area (Å²) in [6, 6.07) is 13.1. The van der Waals surface area contributed by atoms with Gasteiger partial charge in [0.2, 0.25) is 5.91 Å². The smallest absolute Gasteiger partial charge is 0.237 e. The van der Waals surface area contributed by atoms with E-state index < -0.39 is 0 Å². The molecule has 2 aliphatic rings. The number of fused-ring (bicyclic) bond motifs is 1. The van der Waals surface area contributed by atoms with Crippen molar-refractivity contribution in [2.75, 3.05) is 26.2 Å². The van der Waals surface area contributed by atoms with Crippen LogP contribution >= 0.6 is 11.3 Å². The number of carbonyl (C=O) groups excluding carboxylic acids is 1. The second-order valence-electron chi connectivity index (χ2n) is 6.88. The number of hydrogen-bond acceptors (Lipinski definition) is 3. The molecule has 0 aliphatic carbocycles. The zero-order valence-corrected chi connectivity index (χ0v) is 15.5. The Bertz CT molecular complexity index is 780. The van der Waals surface area contributed by atoms with Crippen LogP contribution in [0.1, 0.15) is 35.4 Å². The van der Waals surface area contributed by atoms with Gasteiger partial charge in [-0.3, -0.25) is 9.69 Å². The van der Waals surface area contributed by atoms with Crippen LogP contribution in [0, 0.1) is 0 Å². The van der Waals surface area contributed by atoms with Crippen LogP contribution in [0.15, 0.2) is 47.9 Å². The topological polar surface area (TPSA) is 23.6 Å². The highest BCUT2D eigenvalue weighted by Crippen LogP contribution is 2.32. The predicted molar refractivity (Wildman–Crippen MR) is 104 cm³/mol. The summed E-state index contributed by atoms with van der Waals surface area (Å²) in [5.74, 6) is 0.258. The molecule has 4 heteroatoms. The lowest BCUT2D eigenvalue weighted by Gasteiger charge is -2.35. The Kier molecular flexibility index (Phi) is 4.73. The van der Waals surface area contributed by atoms with Crippen LogP contribution in [0.3, 0.4) is 0 Å². The molecule has 0 N–H and O–H groups in total. The van der Waals surface area contributed by atoms with Gasteiger partial charge in [-0.2, -0.15) is 0 Å². The largest absolute Gasteiger partial charge is 0.338 e. The fourth-order valence-corrected chi connectivity index (χ4v) is 4.82. The first-order chi connectivity index (χ1) is 12.2. The van der Waals surface area contributed by atoms with Crippen molar-refractivity contribution in [2.45, 2.75) is 25.8 Å². The molecule has 25 heavy (non-hydrogen) atoms. The predicted octanol–water partition coefficient (Wildman–Crippen LogP) is 3.98. The number of hydrogen-bond donors (Lipinski definition) is 0. The fourth-order valence-electron chi connectivity index (χ4n) is 3.86. The number of amides is 1. The molecule has 1 amide bonds. The van der Waals surface area contributed by atoms with E-state index in [-0.39, 0.29) is 5.91 Å². The molecule has 1 aromatic carbocycles. The first-order valence-electron chi connectivity index (χ1n) is 9.05. The van der Waals surface area contributed by atoms with E-state index in [0.717, 1.165) is 32.5 Å². The average Bonchev–Trinajstić information content (AvgIpc) is 3.14. The Morgan fingerprint density at radius 3 is 2.76 bits per heavy atom. The lowest BCUT2D eigenvalue weighted by atomic mass is 9.99. The summed E-state index contributed by atoms with van der Waals surface area (Å²) in [5, 5.41) is 2.17. The van der Waals surface area contributed by atoms with Gasteiger partial charge in [0.25, 0.3) is 0 Å². The molecule has 0 bridgehead atoms. The standard InChI is InChI=1S/C21H24N2OS/c1-16-19-10-14-25-20(19)9-13-23(16)15-21(24)22-11-7-18(8-12-22)17-5-3-2-4-6-17/h2-7,10,14,16H,8-9,11-13,15H2,1H3/t16-/m0/s1. The zero-order chi connectivity index (χ0) is 17.2. The molecule has 1 atom stereocenters. The molecule has 2 aliphatic heterocycles. The maximum absolute atomic E-state index is 12.8. The highest BCUT2D eigenvalue weighted by atomic mass is 32.1. The Balaban J connectivity index is 1.38. The minimum Gasteiger partial charge on any atom is -0.338 e. The summed E-state index contributed by atoms with van der Waals surface area (Å²) in [6.07, 6.45) is 4.23. The summed E-state index contributed by atoms with van der Waals surface area (Å²) in [4.78, 5) is 18.6. The van der Waals surface area contributed by atoms with Gasteiger partial charge < -0.3 is 4.90 Å². The minimum absolute atomic E-state index is 0.258. The van der Waals surface area contributed by atoms with Gasteiger partial charge in [0, 0.05) is 30.6 Å². The van der Waals surface area contributed by atoms with Crippen molar-refractivity contribution in [3.05, 3.63) is 63.9 Å². The Labute approximate surface area is 153 Å². The van der Waals surface area contributed by atoms with Crippen molar-refractivity contribution in [2.24, 2.45) is 0 Å². The summed E-state index contributed by atoms with van der Waals surface area (Å²) >= 11 is 1.85. The van der Waals surface area contributed by atoms with Crippen molar-refractivity contribution in [3.8, 4) is 0 Å². The number of carbonyl (C=O) groups is 1. The first-order valence-corrected chi connectivity index (χ1v) is 9.93. The average molecular weight is 353 g/mol. The van der Waals surface area contributed by atoms with Crippen molar-refractivity contribution in [1.29, 1.82) is 0 Å². The van der Waals surface area contributed by atoms with E-state index in [9.17, 15) is 4.79 Å². The van der Waals surface area contributed by atoms with E-state index >= 15 is 0 Å². The minimum atomic E-state index is 0.258. The van der Waals surface area contributed by atoms with Crippen LogP contribution in [0.25, 0.3) is 5.57 Å². The summed E-state index contributed by atoms with van der Waals surface area (Å²) in [7, 11) is 0. The Morgan fingerprint density at radius 1 is 1.16 bits per heavy atom. The maximum atomic E-state index is 12.8. The van der Waals surface area contributed by atoms with Crippen LogP contribution in [0.5, 0.6) is 0 Å². The van der Waals surface area contributed by atoms with Crippen molar-refractivity contribution in [1.82, 2.24) is 9.80 Å². The molecule has 0 saturated heterocycles. The molecule has 2 aromatic rings. The van der Waals surface area contributed by atoms with Gasteiger partial charge in [-0.05, 0) is 47.9 Å². The monoisotopic (exact) mass is 352 g/mol. The van der Waals surface area contributed by atoms with Gasteiger partial charge in [-0.1, -0.05) is 36.4 Å². The van der Waals surface area contributed by atoms with Crippen LogP contribution < -0.4 is 0 Å². The molecule has 0 saturated carbocycles. The lowest BCUT2D eigenvalue weighted by Crippen LogP contribution is -2.44. The second-order valence-corrected chi connectivity index (χ2v) is 7.88. The number of rotatable bonds is 3. The molecule has 3 heterocycles. The molecular formula is C21H24N2OS. The van der Waals surface area contributed by atoms with Crippen LogP contribution in [0.4, 0.5) is 0 Å². The molecule has 0 fully saturated rings. The van der Waals surface area contributed by atoms with Gasteiger partial charge in [0.05, 0.1) is 6.54 Å². The molecule has 130 valence electrons. The van der Waals surface area contributed by atoms with E-state index in [2.05, 4.69) is 53.6 Å². The fraction of sp³-hybridized carbons (Fsp3) is 0.381. The van der Waals surface area contributed by atoms with E-state index in [4.69, 9.17) is 0 Å². The molecular weight excluding hydrogens is 328 g/mol. The van der Waals surface area contributed by atoms with E-state index in [1.807, 2.05) is 22.3 Å². The third-order valence-electron chi connectivity index (χ3n) is 5.45. The van der Waals surface area contributed by atoms with Gasteiger partial charge in [0.15, 0.2) is 0 Å². The summed E-state index contributed by atoms with van der Waals surface area (Å²) in [5.41, 5.74) is 4.05. The van der Waals surface area contributed by atoms with E-state index in [1.165, 1.54) is 21.6 Å². The van der Waals surface area contributed by atoms with Crippen LogP contribution in [0.2, 0.25) is 0 Å². The van der Waals surface area contributed by atoms with Gasteiger partial charge >= 0.3 is 0 Å². The first kappa shape index (κ1) is 16.6. The molecule has 0 unspecified atom stereocenters. The zero-order valence-electron chi connectivity index (χ0n) is 14.6. The molecule has 1 aromatic heterocycles. The molecule has 0 spiro atoms. The molecule has 0 radical (unpaired) electrons. The number of nitrogens with zero attached hydrogens (tertiary/aromatic N) is 2. The quantitative estimate of drug-likeness (QED) is 0.834. The Hall–Kier alpha value is -1.91. The van der Waals surface area contributed by atoms with Crippen molar-refractivity contribution < 1.29 is 4.79 Å². The van der Waals surface area contributed by atoms with Gasteiger partial charge in [0.1, 0.15) is 0 Å². The third-order valence-corrected chi connectivity index (χ3v) is 6.45. The third kappa shape index (κ3) is 3.42. The molecule has 4 rings (SSSR count). The van der Waals surface area contributed by atoms with E-state index in [1.54, 1.807) is 0 Å². The van der Waals surface area contributed by atoms with Crippen molar-refractivity contribution in [3.63, 3.8) is 0 Å². The van der Waals surface area contributed by atoms with Crippen LogP contribution in [-0.4, -0.2) is 41.9 Å². The van der Waals surface area contributed by atoms with E-state index in [0.29, 0.717) is 12.6 Å². The molecule has 3 nitrogen and oxygen atoms in total. The number of benzene rings is 1. The lowest BCUT2D eigenvalue weighted by molar-refractivity contribution is -0.132. The summed E-state index contributed by atoms with van der Waals surface area (Å²) in [6.45, 7) is 5.30.